The van der Waals surface area contributed by atoms with Crippen molar-refractivity contribution in [1.82, 2.24) is 0 Å². The summed E-state index contributed by atoms with van der Waals surface area (Å²) in [6.07, 6.45) is -1.82. The topological polar surface area (TPSA) is 52.3 Å². The van der Waals surface area contributed by atoms with E-state index in [4.69, 9.17) is 5.73 Å². The Morgan fingerprint density at radius 2 is 2.19 bits per heavy atom. The Morgan fingerprint density at radius 3 is 2.75 bits per heavy atom. The minimum atomic E-state index is -1.82. The van der Waals surface area contributed by atoms with Crippen LogP contribution in [0, 0.1) is 3.57 Å². The molecule has 0 saturated heterocycles. The molecular weight excluding hydrogens is 324 g/mol. The van der Waals surface area contributed by atoms with Gasteiger partial charge in [-0.3, -0.25) is 0 Å². The van der Waals surface area contributed by atoms with Gasteiger partial charge in [-0.2, -0.15) is 0 Å². The Morgan fingerprint density at radius 1 is 1.56 bits per heavy atom. The maximum atomic E-state index is 13.6. The Balaban J connectivity index is 2.82. The first-order valence-corrected chi connectivity index (χ1v) is 5.96. The molecule has 0 heterocycles. The van der Waals surface area contributed by atoms with Crippen molar-refractivity contribution in [2.75, 3.05) is 6.61 Å². The molecular formula is C11H13FINO2. The SMILES string of the molecule is CCOC(=O)C(F)[C@H](N)c1ccccc1I. The summed E-state index contributed by atoms with van der Waals surface area (Å²) in [5, 5.41) is 0. The predicted octanol–water partition coefficient (Wildman–Crippen LogP) is 2.19. The van der Waals surface area contributed by atoms with Crippen molar-refractivity contribution in [2.24, 2.45) is 5.73 Å². The van der Waals surface area contributed by atoms with E-state index < -0.39 is 18.2 Å². The smallest absolute Gasteiger partial charge is 0.342 e. The van der Waals surface area contributed by atoms with Crippen LogP contribution in [-0.2, 0) is 9.53 Å². The minimum Gasteiger partial charge on any atom is -0.464 e. The molecule has 2 N–H and O–H groups in total. The van der Waals surface area contributed by atoms with E-state index in [9.17, 15) is 9.18 Å². The second-order valence-electron chi connectivity index (χ2n) is 3.20. The maximum absolute atomic E-state index is 13.6. The van der Waals surface area contributed by atoms with Crippen molar-refractivity contribution in [2.45, 2.75) is 19.1 Å². The summed E-state index contributed by atoms with van der Waals surface area (Å²) in [4.78, 5) is 11.2. The van der Waals surface area contributed by atoms with Crippen LogP contribution in [0.5, 0.6) is 0 Å². The fraction of sp³-hybridized carbons (Fsp3) is 0.364. The van der Waals surface area contributed by atoms with E-state index in [0.717, 1.165) is 3.57 Å². The highest BCUT2D eigenvalue weighted by atomic mass is 127. The third-order valence-corrected chi connectivity index (χ3v) is 3.07. The number of alkyl halides is 1. The van der Waals surface area contributed by atoms with E-state index in [1.807, 2.05) is 12.1 Å². The number of rotatable bonds is 4. The monoisotopic (exact) mass is 337 g/mol. The predicted molar refractivity (Wildman–Crippen MR) is 67.6 cm³/mol. The van der Waals surface area contributed by atoms with Crippen molar-refractivity contribution >= 4 is 28.6 Å². The summed E-state index contributed by atoms with van der Waals surface area (Å²) in [5.41, 5.74) is 6.30. The van der Waals surface area contributed by atoms with Gasteiger partial charge in [0.25, 0.3) is 0 Å². The molecule has 0 aromatic heterocycles. The first-order chi connectivity index (χ1) is 7.57. The van der Waals surface area contributed by atoms with E-state index in [0.29, 0.717) is 5.56 Å². The zero-order valence-electron chi connectivity index (χ0n) is 8.82. The van der Waals surface area contributed by atoms with Gasteiger partial charge in [0.2, 0.25) is 6.17 Å². The van der Waals surface area contributed by atoms with Crippen LogP contribution in [0.4, 0.5) is 4.39 Å². The van der Waals surface area contributed by atoms with E-state index in [2.05, 4.69) is 27.3 Å². The lowest BCUT2D eigenvalue weighted by molar-refractivity contribution is -0.149. The Kier molecular flexibility index (Phi) is 5.14. The Labute approximate surface area is 107 Å². The molecule has 0 fully saturated rings. The van der Waals surface area contributed by atoms with Crippen molar-refractivity contribution < 1.29 is 13.9 Å². The molecule has 16 heavy (non-hydrogen) atoms. The first-order valence-electron chi connectivity index (χ1n) is 4.88. The van der Waals surface area contributed by atoms with Gasteiger partial charge in [-0.1, -0.05) is 18.2 Å². The molecule has 3 nitrogen and oxygen atoms in total. The summed E-state index contributed by atoms with van der Waals surface area (Å²) in [6.45, 7) is 1.78. The van der Waals surface area contributed by atoms with Gasteiger partial charge in [-0.15, -0.1) is 0 Å². The Bertz CT molecular complexity index is 373. The molecule has 1 rings (SSSR count). The summed E-state index contributed by atoms with van der Waals surface area (Å²) >= 11 is 2.05. The molecule has 0 radical (unpaired) electrons. The van der Waals surface area contributed by atoms with Crippen LogP contribution in [-0.4, -0.2) is 18.7 Å². The lowest BCUT2D eigenvalue weighted by Crippen LogP contribution is -2.32. The number of carbonyl (C=O) groups is 1. The molecule has 1 aromatic rings. The molecule has 88 valence electrons. The minimum absolute atomic E-state index is 0.151. The number of ether oxygens (including phenoxy) is 1. The standard InChI is InChI=1S/C11H13FINO2/c1-2-16-11(15)9(12)10(14)7-5-3-4-6-8(7)13/h3-6,9-10H,2,14H2,1H3/t9?,10-/m1/s1. The van der Waals surface area contributed by atoms with Crippen LogP contribution in [0.15, 0.2) is 24.3 Å². The van der Waals surface area contributed by atoms with E-state index in [1.54, 1.807) is 19.1 Å². The molecule has 0 aliphatic heterocycles. The van der Waals surface area contributed by atoms with Gasteiger partial charge < -0.3 is 10.5 Å². The number of hydrogen-bond donors (Lipinski definition) is 1. The summed E-state index contributed by atoms with van der Waals surface area (Å²) < 4.78 is 19.1. The van der Waals surface area contributed by atoms with Gasteiger partial charge in [0.1, 0.15) is 0 Å². The largest absolute Gasteiger partial charge is 0.464 e. The van der Waals surface area contributed by atoms with Gasteiger partial charge in [0.15, 0.2) is 0 Å². The van der Waals surface area contributed by atoms with Crippen molar-refractivity contribution in [3.63, 3.8) is 0 Å². The van der Waals surface area contributed by atoms with Gasteiger partial charge in [0.05, 0.1) is 12.6 Å². The lowest BCUT2D eigenvalue weighted by atomic mass is 10.0. The number of nitrogens with two attached hydrogens (primary N) is 1. The first kappa shape index (κ1) is 13.4. The van der Waals surface area contributed by atoms with E-state index in [1.165, 1.54) is 0 Å². The number of esters is 1. The van der Waals surface area contributed by atoms with Crippen LogP contribution in [0.1, 0.15) is 18.5 Å². The highest BCUT2D eigenvalue weighted by molar-refractivity contribution is 14.1. The van der Waals surface area contributed by atoms with Crippen LogP contribution in [0.25, 0.3) is 0 Å². The van der Waals surface area contributed by atoms with Crippen LogP contribution < -0.4 is 5.73 Å². The molecule has 1 aromatic carbocycles. The molecule has 0 aliphatic rings. The molecule has 1 unspecified atom stereocenters. The van der Waals surface area contributed by atoms with Gasteiger partial charge in [-0.25, -0.2) is 9.18 Å². The van der Waals surface area contributed by atoms with Crippen molar-refractivity contribution in [3.05, 3.63) is 33.4 Å². The third-order valence-electron chi connectivity index (χ3n) is 2.09. The zero-order valence-corrected chi connectivity index (χ0v) is 11.0. The van der Waals surface area contributed by atoms with Crippen LogP contribution in [0.2, 0.25) is 0 Å². The number of halogens is 2. The van der Waals surface area contributed by atoms with Gasteiger partial charge in [-0.05, 0) is 41.1 Å². The van der Waals surface area contributed by atoms with E-state index >= 15 is 0 Å². The molecule has 0 amide bonds. The summed E-state index contributed by atoms with van der Waals surface area (Å²) in [5.74, 6) is -0.908. The quantitative estimate of drug-likeness (QED) is 0.677. The van der Waals surface area contributed by atoms with Crippen molar-refractivity contribution in [3.8, 4) is 0 Å². The highest BCUT2D eigenvalue weighted by Gasteiger charge is 2.28. The summed E-state index contributed by atoms with van der Waals surface area (Å²) in [6, 6.07) is 6.13. The number of carbonyl (C=O) groups excluding carboxylic acids is 1. The number of hydrogen-bond acceptors (Lipinski definition) is 3. The number of benzene rings is 1. The molecule has 2 atom stereocenters. The average Bonchev–Trinajstić information content (AvgIpc) is 2.28. The molecule has 0 spiro atoms. The van der Waals surface area contributed by atoms with Gasteiger partial charge >= 0.3 is 5.97 Å². The zero-order chi connectivity index (χ0) is 12.1. The van der Waals surface area contributed by atoms with Gasteiger partial charge in [0, 0.05) is 3.57 Å². The lowest BCUT2D eigenvalue weighted by Gasteiger charge is -2.16. The maximum Gasteiger partial charge on any atom is 0.342 e. The summed E-state index contributed by atoms with van der Waals surface area (Å²) in [7, 11) is 0. The highest BCUT2D eigenvalue weighted by Crippen LogP contribution is 2.22. The third kappa shape index (κ3) is 3.15. The normalized spacial score (nSPS) is 14.2. The molecule has 0 bridgehead atoms. The van der Waals surface area contributed by atoms with Crippen LogP contribution in [0.3, 0.4) is 0 Å². The molecule has 5 heteroatoms. The van der Waals surface area contributed by atoms with Crippen LogP contribution >= 0.6 is 22.6 Å². The second kappa shape index (κ2) is 6.15. The molecule has 0 aliphatic carbocycles. The van der Waals surface area contributed by atoms with E-state index in [-0.39, 0.29) is 6.61 Å². The fourth-order valence-electron chi connectivity index (χ4n) is 1.27. The van der Waals surface area contributed by atoms with Crippen molar-refractivity contribution in [1.29, 1.82) is 0 Å². The molecule has 0 saturated carbocycles. The fourth-order valence-corrected chi connectivity index (χ4v) is 2.02. The Hall–Kier alpha value is -0.690. The average molecular weight is 337 g/mol. The second-order valence-corrected chi connectivity index (χ2v) is 4.36.